The van der Waals surface area contributed by atoms with Crippen molar-refractivity contribution in [3.8, 4) is 34.0 Å². The average Bonchev–Trinajstić information content (AvgIpc) is 3.44. The van der Waals surface area contributed by atoms with Crippen LogP contribution in [0.3, 0.4) is 0 Å². The molecular formula is C31H26F3N5O2. The number of nitrogens with one attached hydrogen (secondary N) is 2. The van der Waals surface area contributed by atoms with E-state index in [1.807, 2.05) is 36.4 Å². The summed E-state index contributed by atoms with van der Waals surface area (Å²) in [6.07, 6.45) is -3.29. The summed E-state index contributed by atoms with van der Waals surface area (Å²) in [5, 5.41) is 10.2. The molecule has 0 atom stereocenters. The summed E-state index contributed by atoms with van der Waals surface area (Å²) in [5.74, 6) is 0.415. The molecule has 4 aromatic carbocycles. The number of hydrogen-bond acceptors (Lipinski definition) is 4. The zero-order valence-electron chi connectivity index (χ0n) is 22.2. The summed E-state index contributed by atoms with van der Waals surface area (Å²) in [7, 11) is 0. The maximum atomic E-state index is 12.9. The fourth-order valence-corrected chi connectivity index (χ4v) is 4.38. The topological polar surface area (TPSA) is 81.1 Å². The van der Waals surface area contributed by atoms with Crippen molar-refractivity contribution < 1.29 is 22.7 Å². The number of alkyl halides is 3. The maximum absolute atomic E-state index is 12.9. The minimum absolute atomic E-state index is 0.322. The van der Waals surface area contributed by atoms with Gasteiger partial charge in [-0.25, -0.2) is 14.5 Å². The van der Waals surface area contributed by atoms with Crippen LogP contribution in [0.15, 0.2) is 103 Å². The highest BCUT2D eigenvalue weighted by Crippen LogP contribution is 2.34. The molecule has 0 radical (unpaired) electrons. The molecule has 0 spiro atoms. The Morgan fingerprint density at radius 2 is 1.49 bits per heavy atom. The second-order valence-corrected chi connectivity index (χ2v) is 9.50. The summed E-state index contributed by atoms with van der Waals surface area (Å²) in [4.78, 5) is 17.2. The molecule has 0 aliphatic rings. The predicted molar refractivity (Wildman–Crippen MR) is 152 cm³/mol. The van der Waals surface area contributed by atoms with Crippen LogP contribution < -0.4 is 15.4 Å². The van der Waals surface area contributed by atoms with Gasteiger partial charge in [-0.1, -0.05) is 56.3 Å². The van der Waals surface area contributed by atoms with Crippen molar-refractivity contribution in [1.82, 2.24) is 14.8 Å². The maximum Gasteiger partial charge on any atom is 0.573 e. The van der Waals surface area contributed by atoms with Crippen LogP contribution in [0.5, 0.6) is 5.75 Å². The van der Waals surface area contributed by atoms with E-state index in [2.05, 4.69) is 51.4 Å². The minimum Gasteiger partial charge on any atom is -0.406 e. The number of halogens is 3. The second-order valence-electron chi connectivity index (χ2n) is 9.50. The fraction of sp³-hybridized carbons (Fsp3) is 0.129. The highest BCUT2D eigenvalue weighted by atomic mass is 19.4. The van der Waals surface area contributed by atoms with Crippen LogP contribution in [-0.2, 0) is 0 Å². The number of para-hydroxylation sites is 1. The van der Waals surface area contributed by atoms with Gasteiger partial charge in [-0.3, -0.25) is 0 Å². The quantitative estimate of drug-likeness (QED) is 0.211. The molecule has 208 valence electrons. The van der Waals surface area contributed by atoms with E-state index >= 15 is 0 Å². The minimum atomic E-state index is -4.76. The Morgan fingerprint density at radius 1 is 0.829 bits per heavy atom. The normalized spacial score (nSPS) is 11.4. The number of amides is 2. The van der Waals surface area contributed by atoms with Gasteiger partial charge in [-0.2, -0.15) is 0 Å². The summed E-state index contributed by atoms with van der Waals surface area (Å²) in [6, 6.07) is 27.8. The lowest BCUT2D eigenvalue weighted by Gasteiger charge is -2.17. The van der Waals surface area contributed by atoms with Crippen molar-refractivity contribution in [3.63, 3.8) is 0 Å². The number of nitrogens with zero attached hydrogens (tertiary/aromatic N) is 3. The largest absolute Gasteiger partial charge is 0.573 e. The van der Waals surface area contributed by atoms with Gasteiger partial charge >= 0.3 is 12.4 Å². The van der Waals surface area contributed by atoms with E-state index in [0.717, 1.165) is 11.1 Å². The van der Waals surface area contributed by atoms with Crippen molar-refractivity contribution in [2.24, 2.45) is 0 Å². The fourth-order valence-electron chi connectivity index (χ4n) is 4.38. The van der Waals surface area contributed by atoms with Gasteiger partial charge in [0.15, 0.2) is 5.82 Å². The smallest absolute Gasteiger partial charge is 0.406 e. The zero-order chi connectivity index (χ0) is 29.0. The highest BCUT2D eigenvalue weighted by Gasteiger charge is 2.31. The predicted octanol–water partition coefficient (Wildman–Crippen LogP) is 8.27. The average molecular weight is 558 g/mol. The molecule has 0 saturated heterocycles. The van der Waals surface area contributed by atoms with Crippen molar-refractivity contribution in [2.45, 2.75) is 26.1 Å². The van der Waals surface area contributed by atoms with E-state index in [1.165, 1.54) is 40.8 Å². The van der Waals surface area contributed by atoms with E-state index in [0.29, 0.717) is 34.4 Å². The van der Waals surface area contributed by atoms with E-state index in [-0.39, 0.29) is 11.8 Å². The Balaban J connectivity index is 1.25. The Labute approximate surface area is 234 Å². The number of anilines is 2. The number of benzene rings is 4. The molecule has 0 aliphatic carbocycles. The van der Waals surface area contributed by atoms with Gasteiger partial charge < -0.3 is 15.4 Å². The lowest BCUT2D eigenvalue weighted by atomic mass is 9.92. The lowest BCUT2D eigenvalue weighted by molar-refractivity contribution is -0.274. The number of urea groups is 1. The van der Waals surface area contributed by atoms with Crippen LogP contribution in [0.4, 0.5) is 29.3 Å². The standard InChI is InChI=1S/C31H26F3N5O2/c1-20(2)25-7-3-4-8-26(25)27-9-5-6-10-28(27)37-30(40)36-22-13-11-21(12-14-22)29-35-19-39(38-29)23-15-17-24(18-16-23)41-31(32,33)34/h3-20H,1-2H3,(H2,36,37,40). The molecule has 0 unspecified atom stereocenters. The third-order valence-corrected chi connectivity index (χ3v) is 6.28. The van der Waals surface area contributed by atoms with Crippen molar-refractivity contribution in [3.05, 3.63) is 109 Å². The van der Waals surface area contributed by atoms with Crippen LogP contribution in [0.1, 0.15) is 25.3 Å². The molecule has 1 aromatic heterocycles. The molecule has 0 aliphatic heterocycles. The van der Waals surface area contributed by atoms with Gasteiger partial charge in [0.2, 0.25) is 0 Å². The highest BCUT2D eigenvalue weighted by molar-refractivity contribution is 6.02. The molecule has 5 rings (SSSR count). The molecule has 0 bridgehead atoms. The Hall–Kier alpha value is -5.12. The van der Waals surface area contributed by atoms with E-state index in [1.54, 1.807) is 24.3 Å². The van der Waals surface area contributed by atoms with Crippen LogP contribution in [0.25, 0.3) is 28.2 Å². The molecule has 2 amide bonds. The van der Waals surface area contributed by atoms with Crippen molar-refractivity contribution in [2.75, 3.05) is 10.6 Å². The monoisotopic (exact) mass is 557 g/mol. The van der Waals surface area contributed by atoms with Crippen molar-refractivity contribution >= 4 is 17.4 Å². The number of ether oxygens (including phenoxy) is 1. The van der Waals surface area contributed by atoms with E-state index in [9.17, 15) is 18.0 Å². The van der Waals surface area contributed by atoms with Crippen molar-refractivity contribution in [1.29, 1.82) is 0 Å². The molecule has 0 fully saturated rings. The summed E-state index contributed by atoms with van der Waals surface area (Å²) in [5.41, 5.74) is 5.69. The van der Waals surface area contributed by atoms with Gasteiger partial charge in [0.1, 0.15) is 12.1 Å². The van der Waals surface area contributed by atoms with E-state index in [4.69, 9.17) is 0 Å². The van der Waals surface area contributed by atoms with Crippen LogP contribution in [0.2, 0.25) is 0 Å². The molecule has 0 saturated carbocycles. The summed E-state index contributed by atoms with van der Waals surface area (Å²) < 4.78 is 42.5. The molecule has 41 heavy (non-hydrogen) atoms. The third-order valence-electron chi connectivity index (χ3n) is 6.28. The Bertz CT molecular complexity index is 1650. The first-order valence-corrected chi connectivity index (χ1v) is 12.8. The number of hydrogen-bond donors (Lipinski definition) is 2. The van der Waals surface area contributed by atoms with E-state index < -0.39 is 6.36 Å². The molecule has 2 N–H and O–H groups in total. The first-order chi connectivity index (χ1) is 19.7. The van der Waals surface area contributed by atoms with Gasteiger partial charge in [0.25, 0.3) is 0 Å². The molecule has 1 heterocycles. The zero-order valence-corrected chi connectivity index (χ0v) is 22.2. The first-order valence-electron chi connectivity index (χ1n) is 12.8. The lowest BCUT2D eigenvalue weighted by Crippen LogP contribution is -2.19. The van der Waals surface area contributed by atoms with Gasteiger partial charge in [-0.15, -0.1) is 18.3 Å². The Morgan fingerprint density at radius 3 is 2.17 bits per heavy atom. The molecular weight excluding hydrogens is 531 g/mol. The third kappa shape index (κ3) is 6.73. The number of aromatic nitrogens is 3. The Kier molecular flexibility index (Phi) is 7.73. The first kappa shape index (κ1) is 27.4. The van der Waals surface area contributed by atoms with Gasteiger partial charge in [0, 0.05) is 16.8 Å². The second kappa shape index (κ2) is 11.5. The van der Waals surface area contributed by atoms with Gasteiger partial charge in [-0.05, 0) is 71.6 Å². The van der Waals surface area contributed by atoms with Gasteiger partial charge in [0.05, 0.1) is 11.4 Å². The van der Waals surface area contributed by atoms with Crippen LogP contribution >= 0.6 is 0 Å². The van der Waals surface area contributed by atoms with Crippen LogP contribution in [0, 0.1) is 0 Å². The molecule has 10 heteroatoms. The summed E-state index contributed by atoms with van der Waals surface area (Å²) >= 11 is 0. The number of carbonyl (C=O) groups is 1. The van der Waals surface area contributed by atoms with Crippen LogP contribution in [-0.4, -0.2) is 27.2 Å². The molecule has 5 aromatic rings. The molecule has 7 nitrogen and oxygen atoms in total. The number of rotatable bonds is 7. The SMILES string of the molecule is CC(C)c1ccccc1-c1ccccc1NC(=O)Nc1ccc(-c2ncn(-c3ccc(OC(F)(F)F)cc3)n2)cc1. The summed E-state index contributed by atoms with van der Waals surface area (Å²) in [6.45, 7) is 4.28. The number of carbonyl (C=O) groups excluding carboxylic acids is 1.